The van der Waals surface area contributed by atoms with E-state index in [-0.39, 0.29) is 5.56 Å². The molecule has 0 unspecified atom stereocenters. The SMILES string of the molecule is O=c1c2ccccc2nc2n(-c3nc(-c4ccccc4)nc(-c4ccccc4)n3)c3ccccc3n12. The first kappa shape index (κ1) is 20.2. The lowest BCUT2D eigenvalue weighted by molar-refractivity contribution is 0.927. The monoisotopic (exact) mass is 466 g/mol. The minimum Gasteiger partial charge on any atom is -0.268 e. The fourth-order valence-corrected chi connectivity index (χ4v) is 4.53. The molecule has 36 heavy (non-hydrogen) atoms. The number of benzene rings is 4. The summed E-state index contributed by atoms with van der Waals surface area (Å²) in [5, 5.41) is 0.559. The topological polar surface area (TPSA) is 78.0 Å². The van der Waals surface area contributed by atoms with Crippen molar-refractivity contribution in [3.05, 3.63) is 120 Å². The molecule has 7 rings (SSSR count). The molecule has 0 amide bonds. The third-order valence-electron chi connectivity index (χ3n) is 6.21. The molecule has 3 aromatic heterocycles. The van der Waals surface area contributed by atoms with E-state index >= 15 is 0 Å². The molecule has 0 radical (unpaired) electrons. The predicted molar refractivity (Wildman–Crippen MR) is 140 cm³/mol. The highest BCUT2D eigenvalue weighted by atomic mass is 16.1. The molecule has 0 atom stereocenters. The number of nitrogens with zero attached hydrogens (tertiary/aromatic N) is 6. The van der Waals surface area contributed by atoms with Crippen LogP contribution in [0.3, 0.4) is 0 Å². The summed E-state index contributed by atoms with van der Waals surface area (Å²) in [7, 11) is 0. The van der Waals surface area contributed by atoms with Crippen LogP contribution >= 0.6 is 0 Å². The van der Waals surface area contributed by atoms with Gasteiger partial charge in [-0.05, 0) is 24.3 Å². The van der Waals surface area contributed by atoms with Crippen molar-refractivity contribution in [3.8, 4) is 28.7 Å². The van der Waals surface area contributed by atoms with Gasteiger partial charge in [-0.25, -0.2) is 18.9 Å². The zero-order chi connectivity index (χ0) is 24.1. The zero-order valence-electron chi connectivity index (χ0n) is 19.0. The van der Waals surface area contributed by atoms with Gasteiger partial charge >= 0.3 is 0 Å². The zero-order valence-corrected chi connectivity index (χ0v) is 19.0. The third kappa shape index (κ3) is 3.10. The van der Waals surface area contributed by atoms with Crippen LogP contribution in [0.4, 0.5) is 0 Å². The Hall–Kier alpha value is -5.17. The fourth-order valence-electron chi connectivity index (χ4n) is 4.53. The van der Waals surface area contributed by atoms with E-state index in [9.17, 15) is 4.79 Å². The van der Waals surface area contributed by atoms with Gasteiger partial charge in [0, 0.05) is 11.1 Å². The highest BCUT2D eigenvalue weighted by molar-refractivity contribution is 5.87. The lowest BCUT2D eigenvalue weighted by Crippen LogP contribution is -2.15. The van der Waals surface area contributed by atoms with Crippen LogP contribution in [0.2, 0.25) is 0 Å². The van der Waals surface area contributed by atoms with Crippen LogP contribution in [-0.4, -0.2) is 28.9 Å². The molecular formula is C29H18N6O. The summed E-state index contributed by atoms with van der Waals surface area (Å²) >= 11 is 0. The van der Waals surface area contributed by atoms with Gasteiger partial charge in [-0.2, -0.15) is 9.97 Å². The van der Waals surface area contributed by atoms with Crippen molar-refractivity contribution in [2.75, 3.05) is 0 Å². The Kier molecular flexibility index (Phi) is 4.47. The third-order valence-corrected chi connectivity index (χ3v) is 6.21. The standard InChI is InChI=1S/C29H18N6O/c36-27-21-15-7-8-16-22(21)30-29-34(27)23-17-9-10-18-24(23)35(29)28-32-25(19-11-3-1-4-12-19)31-26(33-28)20-13-5-2-6-14-20/h1-18H. The van der Waals surface area contributed by atoms with Gasteiger partial charge in [-0.1, -0.05) is 84.9 Å². The van der Waals surface area contributed by atoms with Gasteiger partial charge in [0.15, 0.2) is 11.6 Å². The summed E-state index contributed by atoms with van der Waals surface area (Å²) in [5.74, 6) is 1.92. The molecule has 0 N–H and O–H groups in total. The summed E-state index contributed by atoms with van der Waals surface area (Å²) in [5.41, 5.74) is 3.74. The Bertz CT molecular complexity index is 1900. The first-order valence-corrected chi connectivity index (χ1v) is 11.6. The average Bonchev–Trinajstić information content (AvgIpc) is 3.28. The minimum atomic E-state index is -0.133. The van der Waals surface area contributed by atoms with E-state index < -0.39 is 0 Å². The lowest BCUT2D eigenvalue weighted by atomic mass is 10.2. The maximum Gasteiger partial charge on any atom is 0.267 e. The van der Waals surface area contributed by atoms with Crippen LogP contribution in [0.5, 0.6) is 0 Å². The van der Waals surface area contributed by atoms with Gasteiger partial charge in [0.1, 0.15) is 0 Å². The number of para-hydroxylation sites is 3. The molecule has 0 bridgehead atoms. The number of aromatic nitrogens is 6. The van der Waals surface area contributed by atoms with Crippen molar-refractivity contribution >= 4 is 27.7 Å². The molecule has 7 heteroatoms. The van der Waals surface area contributed by atoms with Crippen molar-refractivity contribution in [1.82, 2.24) is 28.9 Å². The molecule has 7 nitrogen and oxygen atoms in total. The van der Waals surface area contributed by atoms with Crippen LogP contribution in [0.25, 0.3) is 56.4 Å². The van der Waals surface area contributed by atoms with E-state index in [0.29, 0.717) is 34.3 Å². The lowest BCUT2D eigenvalue weighted by Gasteiger charge is -2.10. The largest absolute Gasteiger partial charge is 0.268 e. The van der Waals surface area contributed by atoms with Crippen LogP contribution in [-0.2, 0) is 0 Å². The Morgan fingerprint density at radius 1 is 0.528 bits per heavy atom. The quantitative estimate of drug-likeness (QED) is 0.353. The second-order valence-electron chi connectivity index (χ2n) is 8.41. The van der Waals surface area contributed by atoms with Crippen LogP contribution in [0.15, 0.2) is 114 Å². The molecule has 0 aliphatic carbocycles. The molecule has 0 fully saturated rings. The average molecular weight is 467 g/mol. The van der Waals surface area contributed by atoms with Crippen molar-refractivity contribution in [1.29, 1.82) is 0 Å². The molecule has 0 saturated carbocycles. The summed E-state index contributed by atoms with van der Waals surface area (Å²) in [4.78, 5) is 33.0. The summed E-state index contributed by atoms with van der Waals surface area (Å²) in [6, 6.07) is 34.7. The number of imidazole rings is 1. The minimum absolute atomic E-state index is 0.133. The highest BCUT2D eigenvalue weighted by Crippen LogP contribution is 2.26. The summed E-state index contributed by atoms with van der Waals surface area (Å²) < 4.78 is 3.47. The normalized spacial score (nSPS) is 11.4. The molecular weight excluding hydrogens is 448 g/mol. The van der Waals surface area contributed by atoms with Gasteiger partial charge in [0.2, 0.25) is 11.7 Å². The molecule has 0 aliphatic heterocycles. The molecule has 7 aromatic rings. The number of rotatable bonds is 3. The van der Waals surface area contributed by atoms with E-state index in [0.717, 1.165) is 22.2 Å². The number of hydrogen-bond donors (Lipinski definition) is 0. The maximum atomic E-state index is 13.6. The van der Waals surface area contributed by atoms with E-state index in [2.05, 4.69) is 0 Å². The number of fused-ring (bicyclic) bond motifs is 4. The Labute approximate surface area is 205 Å². The van der Waals surface area contributed by atoms with Crippen molar-refractivity contribution in [2.24, 2.45) is 0 Å². The van der Waals surface area contributed by atoms with E-state index in [1.54, 1.807) is 10.5 Å². The van der Waals surface area contributed by atoms with Gasteiger partial charge in [-0.3, -0.25) is 4.79 Å². The van der Waals surface area contributed by atoms with Crippen LogP contribution in [0.1, 0.15) is 0 Å². The van der Waals surface area contributed by atoms with Crippen molar-refractivity contribution in [3.63, 3.8) is 0 Å². The summed E-state index contributed by atoms with van der Waals surface area (Å²) in [6.45, 7) is 0. The Morgan fingerprint density at radius 2 is 1.08 bits per heavy atom. The second kappa shape index (κ2) is 7.95. The van der Waals surface area contributed by atoms with Gasteiger partial charge in [-0.15, -0.1) is 0 Å². The maximum absolute atomic E-state index is 13.6. The van der Waals surface area contributed by atoms with Crippen molar-refractivity contribution in [2.45, 2.75) is 0 Å². The number of hydrogen-bond acceptors (Lipinski definition) is 5. The molecule has 0 saturated heterocycles. The van der Waals surface area contributed by atoms with E-state index in [4.69, 9.17) is 19.9 Å². The Morgan fingerprint density at radius 3 is 1.75 bits per heavy atom. The molecule has 4 aromatic carbocycles. The molecule has 0 aliphatic rings. The summed E-state index contributed by atoms with van der Waals surface area (Å²) in [6.07, 6.45) is 0. The van der Waals surface area contributed by atoms with Gasteiger partial charge in [0.25, 0.3) is 5.56 Å². The first-order chi connectivity index (χ1) is 17.8. The van der Waals surface area contributed by atoms with Crippen molar-refractivity contribution < 1.29 is 0 Å². The molecule has 3 heterocycles. The van der Waals surface area contributed by atoms with Crippen LogP contribution < -0.4 is 5.56 Å². The smallest absolute Gasteiger partial charge is 0.267 e. The van der Waals surface area contributed by atoms with E-state index in [1.165, 1.54) is 0 Å². The second-order valence-corrected chi connectivity index (χ2v) is 8.41. The molecule has 170 valence electrons. The fraction of sp³-hybridized carbons (Fsp3) is 0. The highest BCUT2D eigenvalue weighted by Gasteiger charge is 2.20. The van der Waals surface area contributed by atoms with Gasteiger partial charge in [0.05, 0.1) is 21.9 Å². The first-order valence-electron chi connectivity index (χ1n) is 11.6. The molecule has 0 spiro atoms. The van der Waals surface area contributed by atoms with Gasteiger partial charge < -0.3 is 0 Å². The van der Waals surface area contributed by atoms with E-state index in [1.807, 2.05) is 108 Å². The Balaban J connectivity index is 1.62. The van der Waals surface area contributed by atoms with Crippen LogP contribution in [0, 0.1) is 0 Å². The predicted octanol–water partition coefficient (Wildman–Crippen LogP) is 5.31.